The number of hydrogen-bond donors (Lipinski definition) is 1. The second kappa shape index (κ2) is 4.60. The molecule has 1 atom stereocenters. The minimum absolute atomic E-state index is 0.215. The third kappa shape index (κ3) is 1.98. The van der Waals surface area contributed by atoms with E-state index in [2.05, 4.69) is 6.08 Å². The molecule has 0 radical (unpaired) electrons. The third-order valence-electron chi connectivity index (χ3n) is 3.04. The summed E-state index contributed by atoms with van der Waals surface area (Å²) < 4.78 is 4.80. The lowest BCUT2D eigenvalue weighted by atomic mass is 9.77. The van der Waals surface area contributed by atoms with Crippen LogP contribution in [0.15, 0.2) is 11.6 Å². The first kappa shape index (κ1) is 11.2. The summed E-state index contributed by atoms with van der Waals surface area (Å²) in [6, 6.07) is 0. The first-order chi connectivity index (χ1) is 6.65. The molecule has 1 aliphatic rings. The standard InChI is InChI=1S/C11H19NO2/c1-11(8-12,10(13)14-2)9-6-4-3-5-7-9/h6H,3-5,7-8,12H2,1-2H3. The minimum Gasteiger partial charge on any atom is -0.468 e. The zero-order chi connectivity index (χ0) is 10.6. The molecule has 0 aliphatic heterocycles. The van der Waals surface area contributed by atoms with Gasteiger partial charge in [-0.2, -0.15) is 0 Å². The van der Waals surface area contributed by atoms with Crippen LogP contribution in [0, 0.1) is 5.41 Å². The van der Waals surface area contributed by atoms with Gasteiger partial charge in [-0.15, -0.1) is 0 Å². The molecule has 0 amide bonds. The molecule has 1 rings (SSSR count). The molecule has 0 heterocycles. The van der Waals surface area contributed by atoms with Gasteiger partial charge in [0.15, 0.2) is 0 Å². The van der Waals surface area contributed by atoms with Crippen LogP contribution in [0.1, 0.15) is 32.6 Å². The van der Waals surface area contributed by atoms with Crippen LogP contribution in [0.2, 0.25) is 0 Å². The van der Waals surface area contributed by atoms with Crippen molar-refractivity contribution in [1.82, 2.24) is 0 Å². The summed E-state index contributed by atoms with van der Waals surface area (Å²) in [4.78, 5) is 11.6. The van der Waals surface area contributed by atoms with Gasteiger partial charge in [0.25, 0.3) is 0 Å². The number of carbonyl (C=O) groups is 1. The Labute approximate surface area is 85.3 Å². The smallest absolute Gasteiger partial charge is 0.316 e. The number of carbonyl (C=O) groups excluding carboxylic acids is 1. The fourth-order valence-corrected chi connectivity index (χ4v) is 1.91. The maximum absolute atomic E-state index is 11.6. The van der Waals surface area contributed by atoms with Gasteiger partial charge in [-0.1, -0.05) is 11.6 Å². The van der Waals surface area contributed by atoms with E-state index in [1.165, 1.54) is 13.5 Å². The summed E-state index contributed by atoms with van der Waals surface area (Å²) in [5.41, 5.74) is 6.22. The molecular formula is C11H19NO2. The minimum atomic E-state index is -0.602. The SMILES string of the molecule is COC(=O)C(C)(CN)C1=CCCCC1. The average Bonchev–Trinajstić information content (AvgIpc) is 2.28. The highest BCUT2D eigenvalue weighted by Crippen LogP contribution is 2.34. The Bertz CT molecular complexity index is 248. The molecule has 0 spiro atoms. The molecule has 1 aliphatic carbocycles. The molecule has 80 valence electrons. The fraction of sp³-hybridized carbons (Fsp3) is 0.727. The summed E-state index contributed by atoms with van der Waals surface area (Å²) in [6.45, 7) is 2.20. The van der Waals surface area contributed by atoms with Crippen molar-refractivity contribution in [1.29, 1.82) is 0 Å². The number of esters is 1. The monoisotopic (exact) mass is 197 g/mol. The molecule has 0 fully saturated rings. The molecule has 2 N–H and O–H groups in total. The van der Waals surface area contributed by atoms with Crippen LogP contribution < -0.4 is 5.73 Å². The second-order valence-electron chi connectivity index (χ2n) is 4.00. The number of hydrogen-bond acceptors (Lipinski definition) is 3. The van der Waals surface area contributed by atoms with Crippen LogP contribution in [-0.2, 0) is 9.53 Å². The van der Waals surface area contributed by atoms with E-state index >= 15 is 0 Å². The lowest BCUT2D eigenvalue weighted by molar-refractivity contribution is -0.149. The van der Waals surface area contributed by atoms with Gasteiger partial charge >= 0.3 is 5.97 Å². The molecule has 0 saturated heterocycles. The molecule has 0 bridgehead atoms. The molecule has 0 saturated carbocycles. The zero-order valence-corrected chi connectivity index (χ0v) is 9.01. The number of methoxy groups -OCH3 is 1. The van der Waals surface area contributed by atoms with Crippen LogP contribution in [0.4, 0.5) is 0 Å². The van der Waals surface area contributed by atoms with Crippen LogP contribution in [0.25, 0.3) is 0 Å². The molecular weight excluding hydrogens is 178 g/mol. The van der Waals surface area contributed by atoms with Gasteiger partial charge in [0.2, 0.25) is 0 Å². The van der Waals surface area contributed by atoms with Crippen LogP contribution in [0.3, 0.4) is 0 Å². The van der Waals surface area contributed by atoms with Crippen molar-refractivity contribution >= 4 is 5.97 Å². The van der Waals surface area contributed by atoms with Gasteiger partial charge in [-0.3, -0.25) is 4.79 Å². The lowest BCUT2D eigenvalue weighted by Gasteiger charge is -2.30. The maximum atomic E-state index is 11.6. The predicted octanol–water partition coefficient (Wildman–Crippen LogP) is 1.62. The van der Waals surface area contributed by atoms with Crippen molar-refractivity contribution < 1.29 is 9.53 Å². The molecule has 14 heavy (non-hydrogen) atoms. The number of nitrogens with two attached hydrogens (primary N) is 1. The Morgan fingerprint density at radius 3 is 2.79 bits per heavy atom. The van der Waals surface area contributed by atoms with E-state index in [0.29, 0.717) is 6.54 Å². The Hall–Kier alpha value is -0.830. The zero-order valence-electron chi connectivity index (χ0n) is 9.01. The number of rotatable bonds is 3. The summed E-state index contributed by atoms with van der Waals surface area (Å²) in [5.74, 6) is -0.215. The Balaban J connectivity index is 2.87. The Kier molecular flexibility index (Phi) is 3.69. The summed E-state index contributed by atoms with van der Waals surface area (Å²) in [5, 5.41) is 0. The molecule has 0 aromatic carbocycles. The van der Waals surface area contributed by atoms with Crippen molar-refractivity contribution in [3.63, 3.8) is 0 Å². The molecule has 3 nitrogen and oxygen atoms in total. The molecule has 0 aromatic rings. The van der Waals surface area contributed by atoms with E-state index < -0.39 is 5.41 Å². The summed E-state index contributed by atoms with van der Waals surface area (Å²) >= 11 is 0. The quantitative estimate of drug-likeness (QED) is 0.552. The van der Waals surface area contributed by atoms with Gasteiger partial charge in [0.1, 0.15) is 0 Å². The lowest BCUT2D eigenvalue weighted by Crippen LogP contribution is -2.39. The topological polar surface area (TPSA) is 52.3 Å². The van der Waals surface area contributed by atoms with E-state index in [1.54, 1.807) is 0 Å². The molecule has 1 unspecified atom stereocenters. The van der Waals surface area contributed by atoms with Crippen molar-refractivity contribution in [2.75, 3.05) is 13.7 Å². The average molecular weight is 197 g/mol. The van der Waals surface area contributed by atoms with E-state index in [0.717, 1.165) is 24.8 Å². The summed E-state index contributed by atoms with van der Waals surface area (Å²) in [6.07, 6.45) is 6.54. The van der Waals surface area contributed by atoms with Gasteiger partial charge in [-0.25, -0.2) is 0 Å². The van der Waals surface area contributed by atoms with Crippen molar-refractivity contribution in [3.05, 3.63) is 11.6 Å². The van der Waals surface area contributed by atoms with E-state index in [1.807, 2.05) is 6.92 Å². The van der Waals surface area contributed by atoms with E-state index in [-0.39, 0.29) is 5.97 Å². The highest BCUT2D eigenvalue weighted by atomic mass is 16.5. The molecule has 3 heteroatoms. The molecule has 0 aromatic heterocycles. The highest BCUT2D eigenvalue weighted by Gasteiger charge is 2.36. The first-order valence-electron chi connectivity index (χ1n) is 5.13. The number of ether oxygens (including phenoxy) is 1. The van der Waals surface area contributed by atoms with Crippen molar-refractivity contribution in [3.8, 4) is 0 Å². The second-order valence-corrected chi connectivity index (χ2v) is 4.00. The van der Waals surface area contributed by atoms with Crippen LogP contribution >= 0.6 is 0 Å². The number of allylic oxidation sites excluding steroid dienone is 1. The van der Waals surface area contributed by atoms with E-state index in [9.17, 15) is 4.79 Å². The van der Waals surface area contributed by atoms with E-state index in [4.69, 9.17) is 10.5 Å². The third-order valence-corrected chi connectivity index (χ3v) is 3.04. The Morgan fingerprint density at radius 1 is 1.64 bits per heavy atom. The van der Waals surface area contributed by atoms with Crippen LogP contribution in [0.5, 0.6) is 0 Å². The van der Waals surface area contributed by atoms with Gasteiger partial charge < -0.3 is 10.5 Å². The van der Waals surface area contributed by atoms with Gasteiger partial charge in [0.05, 0.1) is 12.5 Å². The van der Waals surface area contributed by atoms with Crippen molar-refractivity contribution in [2.45, 2.75) is 32.6 Å². The normalized spacial score (nSPS) is 20.9. The summed E-state index contributed by atoms with van der Waals surface area (Å²) in [7, 11) is 1.42. The Morgan fingerprint density at radius 2 is 2.36 bits per heavy atom. The maximum Gasteiger partial charge on any atom is 0.316 e. The predicted molar refractivity (Wildman–Crippen MR) is 55.7 cm³/mol. The first-order valence-corrected chi connectivity index (χ1v) is 5.13. The van der Waals surface area contributed by atoms with Crippen LogP contribution in [-0.4, -0.2) is 19.6 Å². The largest absolute Gasteiger partial charge is 0.468 e. The highest BCUT2D eigenvalue weighted by molar-refractivity contribution is 5.80. The van der Waals surface area contributed by atoms with Gasteiger partial charge in [0, 0.05) is 6.54 Å². The fourth-order valence-electron chi connectivity index (χ4n) is 1.91. The van der Waals surface area contributed by atoms with Gasteiger partial charge in [-0.05, 0) is 32.6 Å². The van der Waals surface area contributed by atoms with Crippen molar-refractivity contribution in [2.24, 2.45) is 11.1 Å².